The molecular formula is C49H75NO11S. The molecule has 1 amide bonds. The molecule has 0 aromatic heterocycles. The number of hydrogen-bond donors (Lipinski definition) is 4. The lowest BCUT2D eigenvalue weighted by molar-refractivity contribution is -0.397. The highest BCUT2D eigenvalue weighted by Gasteiger charge is 2.63. The predicted octanol–water partition coefficient (Wildman–Crippen LogP) is 8.70. The highest BCUT2D eigenvalue weighted by Crippen LogP contribution is 2.54. The number of ketones is 1. The Morgan fingerprint density at radius 1 is 0.887 bits per heavy atom. The number of carbonyl (C=O) groups is 3. The molecule has 0 aliphatic carbocycles. The first kappa shape index (κ1) is 49.1. The first-order valence-corrected chi connectivity index (χ1v) is 24.4. The Morgan fingerprint density at radius 3 is 2.21 bits per heavy atom. The number of aliphatic hydroxyl groups excluding tert-OH is 1. The first-order chi connectivity index (χ1) is 29.3. The Hall–Kier alpha value is -2.36. The van der Waals surface area contributed by atoms with E-state index >= 15 is 0 Å². The van der Waals surface area contributed by atoms with Gasteiger partial charge in [-0.15, -0.1) is 0 Å². The number of amides is 1. The van der Waals surface area contributed by atoms with Crippen molar-refractivity contribution in [1.29, 1.82) is 0 Å². The standard InChI is InChI=1S/C49H75NO11S/c1-11-35(44(53)54)37-20-19-28(4)42(58-37)32(8)40(51)31(7)41(52)36(12-2)43-29(5)27-30(6)48(59-43)24-21-38(50-45(55)62-34-17-15-14-16-18-34)49(61-48)26-25-46(10,60-49)39-22-23-47(56,13-3)33(9)57-39/h14-18,21,24,28-33,35-40,42-43,51,56H,11-13,19-20,22-23,25-27H2,1-10H3,(H,50,55)(H,53,54)/t28-,29-,30+,31-,32-,33-,35+,36-,37+,38+,39+,40+,42+,43-,46-,47+,48-,49-/m0/s1. The number of nitrogens with one attached hydrogen (secondary N) is 1. The summed E-state index contributed by atoms with van der Waals surface area (Å²) in [6, 6.07) is 8.79. The number of aliphatic hydroxyl groups is 2. The van der Waals surface area contributed by atoms with Gasteiger partial charge in [0.1, 0.15) is 11.8 Å². The minimum absolute atomic E-state index is 0.0207. The molecule has 4 saturated heterocycles. The maximum Gasteiger partial charge on any atom is 0.309 e. The fraction of sp³-hybridized carbons (Fsp3) is 0.776. The van der Waals surface area contributed by atoms with Gasteiger partial charge in [0.25, 0.3) is 5.24 Å². The minimum Gasteiger partial charge on any atom is -0.481 e. The van der Waals surface area contributed by atoms with Crippen molar-refractivity contribution in [2.75, 3.05) is 0 Å². The van der Waals surface area contributed by atoms with Gasteiger partial charge in [-0.05, 0) is 113 Å². The third kappa shape index (κ3) is 9.76. The van der Waals surface area contributed by atoms with Gasteiger partial charge in [-0.3, -0.25) is 14.4 Å². The van der Waals surface area contributed by atoms with Gasteiger partial charge in [0.2, 0.25) is 0 Å². The topological polar surface area (TPSA) is 170 Å². The van der Waals surface area contributed by atoms with Crippen LogP contribution in [-0.2, 0) is 33.3 Å². The second kappa shape index (κ2) is 19.6. The Kier molecular flexibility index (Phi) is 15.5. The molecule has 5 aliphatic heterocycles. The molecule has 348 valence electrons. The number of aliphatic carboxylic acids is 1. The van der Waals surface area contributed by atoms with E-state index < -0.39 is 89.0 Å². The highest BCUT2D eigenvalue weighted by atomic mass is 32.2. The fourth-order valence-electron chi connectivity index (χ4n) is 11.4. The van der Waals surface area contributed by atoms with Crippen LogP contribution in [0, 0.1) is 41.4 Å². The molecule has 13 heteroatoms. The Labute approximate surface area is 374 Å². The number of carbonyl (C=O) groups excluding carboxylic acids is 2. The summed E-state index contributed by atoms with van der Waals surface area (Å²) in [6.07, 6.45) is 6.56. The molecular weight excluding hydrogens is 811 g/mol. The van der Waals surface area contributed by atoms with Crippen LogP contribution in [0.3, 0.4) is 0 Å². The molecule has 0 unspecified atom stereocenters. The van der Waals surface area contributed by atoms with E-state index in [-0.39, 0.29) is 34.9 Å². The molecule has 4 N–H and O–H groups in total. The summed E-state index contributed by atoms with van der Waals surface area (Å²) in [7, 11) is 0. The van der Waals surface area contributed by atoms with Crippen molar-refractivity contribution in [1.82, 2.24) is 5.32 Å². The fourth-order valence-corrected chi connectivity index (χ4v) is 12.1. The van der Waals surface area contributed by atoms with Crippen molar-refractivity contribution < 1.29 is 53.4 Å². The lowest BCUT2D eigenvalue weighted by atomic mass is 9.72. The van der Waals surface area contributed by atoms with Crippen LogP contribution in [0.2, 0.25) is 0 Å². The molecule has 12 nitrogen and oxygen atoms in total. The summed E-state index contributed by atoms with van der Waals surface area (Å²) >= 11 is 1.10. The largest absolute Gasteiger partial charge is 0.481 e. The Bertz CT molecular complexity index is 1750. The van der Waals surface area contributed by atoms with Crippen molar-refractivity contribution in [2.45, 2.75) is 204 Å². The number of carboxylic acid groups (broad SMARTS) is 1. The zero-order valence-corrected chi connectivity index (χ0v) is 39.5. The van der Waals surface area contributed by atoms with Gasteiger partial charge in [0.05, 0.1) is 53.7 Å². The van der Waals surface area contributed by atoms with Crippen molar-refractivity contribution >= 4 is 28.8 Å². The highest BCUT2D eigenvalue weighted by molar-refractivity contribution is 8.13. The molecule has 0 saturated carbocycles. The average Bonchev–Trinajstić information content (AvgIpc) is 3.59. The van der Waals surface area contributed by atoms with E-state index in [9.17, 15) is 29.7 Å². The molecule has 6 rings (SSSR count). The predicted molar refractivity (Wildman–Crippen MR) is 237 cm³/mol. The SMILES string of the molecule is CC[C@@H](C(=O)[C@@H](C)[C@@H](O)[C@H](C)[C@@H]1O[C@@H]([C@@H](CC)C(=O)O)CC[C@@H]1C)[C@H]1O[C@]2(C=C[C@@H](NC(=O)Sc3ccccc3)[C@]3(CC[C@@](C)([C@H]4CC[C@](O)(CC)[C@H](C)O4)O3)O2)[C@H](C)C[C@@H]1C. The second-order valence-electron chi connectivity index (χ2n) is 19.8. The number of benzene rings is 1. The van der Waals surface area contributed by atoms with E-state index in [4.69, 9.17) is 23.7 Å². The van der Waals surface area contributed by atoms with Gasteiger partial charge in [-0.2, -0.15) is 0 Å². The molecule has 0 bridgehead atoms. The number of rotatable bonds is 14. The van der Waals surface area contributed by atoms with Gasteiger partial charge in [-0.1, -0.05) is 79.7 Å². The number of Topliss-reactive ketones (excluding diaryl/α,β-unsaturated/α-hetero) is 1. The molecule has 5 aliphatic rings. The van der Waals surface area contributed by atoms with Crippen LogP contribution in [0.15, 0.2) is 47.4 Å². The maximum absolute atomic E-state index is 14.7. The van der Waals surface area contributed by atoms with Crippen molar-refractivity contribution in [3.8, 4) is 0 Å². The third-order valence-electron chi connectivity index (χ3n) is 15.7. The van der Waals surface area contributed by atoms with E-state index in [1.807, 2.05) is 84.0 Å². The van der Waals surface area contributed by atoms with E-state index in [0.29, 0.717) is 57.8 Å². The molecule has 4 fully saturated rings. The van der Waals surface area contributed by atoms with Gasteiger partial charge >= 0.3 is 5.97 Å². The average molecular weight is 886 g/mol. The third-order valence-corrected chi connectivity index (χ3v) is 16.5. The van der Waals surface area contributed by atoms with E-state index in [1.54, 1.807) is 6.92 Å². The van der Waals surface area contributed by atoms with E-state index in [1.165, 1.54) is 0 Å². The summed E-state index contributed by atoms with van der Waals surface area (Å²) < 4.78 is 34.6. The normalized spacial score (nSPS) is 41.0. The molecule has 62 heavy (non-hydrogen) atoms. The van der Waals surface area contributed by atoms with Crippen LogP contribution in [0.25, 0.3) is 0 Å². The summed E-state index contributed by atoms with van der Waals surface area (Å²) in [5.74, 6) is -6.00. The number of carboxylic acids is 1. The smallest absolute Gasteiger partial charge is 0.309 e. The lowest BCUT2D eigenvalue weighted by Gasteiger charge is -2.55. The molecule has 1 aromatic rings. The van der Waals surface area contributed by atoms with E-state index in [2.05, 4.69) is 26.1 Å². The Morgan fingerprint density at radius 2 is 1.58 bits per heavy atom. The van der Waals surface area contributed by atoms with Gasteiger partial charge < -0.3 is 44.3 Å². The second-order valence-corrected chi connectivity index (χ2v) is 20.8. The number of hydrogen-bond acceptors (Lipinski definition) is 11. The Balaban J connectivity index is 1.24. The van der Waals surface area contributed by atoms with Crippen LogP contribution in [0.4, 0.5) is 4.79 Å². The van der Waals surface area contributed by atoms with Gasteiger partial charge in [-0.25, -0.2) is 0 Å². The first-order valence-electron chi connectivity index (χ1n) is 23.5. The van der Waals surface area contributed by atoms with Crippen molar-refractivity contribution in [3.05, 3.63) is 42.5 Å². The summed E-state index contributed by atoms with van der Waals surface area (Å²) in [4.78, 5) is 41.2. The van der Waals surface area contributed by atoms with E-state index in [0.717, 1.165) is 23.1 Å². The van der Waals surface area contributed by atoms with Crippen LogP contribution < -0.4 is 5.32 Å². The molecule has 18 atom stereocenters. The number of thioether (sulfide) groups is 1. The van der Waals surface area contributed by atoms with Crippen LogP contribution in [0.5, 0.6) is 0 Å². The summed E-state index contributed by atoms with van der Waals surface area (Å²) in [5.41, 5.74) is -1.71. The summed E-state index contributed by atoms with van der Waals surface area (Å²) in [5, 5.41) is 35.9. The maximum atomic E-state index is 14.7. The van der Waals surface area contributed by atoms with Crippen LogP contribution in [0.1, 0.15) is 133 Å². The molecule has 2 spiro atoms. The molecule has 0 radical (unpaired) electrons. The van der Waals surface area contributed by atoms with Crippen LogP contribution >= 0.6 is 11.8 Å². The number of ether oxygens (including phenoxy) is 5. The lowest BCUT2D eigenvalue weighted by Crippen LogP contribution is -2.65. The van der Waals surface area contributed by atoms with Gasteiger partial charge in [0.15, 0.2) is 11.6 Å². The molecule has 1 aromatic carbocycles. The monoisotopic (exact) mass is 886 g/mol. The quantitative estimate of drug-likeness (QED) is 0.104. The van der Waals surface area contributed by atoms with Crippen molar-refractivity contribution in [3.63, 3.8) is 0 Å². The van der Waals surface area contributed by atoms with Crippen molar-refractivity contribution in [2.24, 2.45) is 41.4 Å². The van der Waals surface area contributed by atoms with Crippen LogP contribution in [-0.4, -0.2) is 97.8 Å². The molecule has 5 heterocycles. The zero-order chi connectivity index (χ0) is 45.4. The zero-order valence-electron chi connectivity index (χ0n) is 38.7. The summed E-state index contributed by atoms with van der Waals surface area (Å²) in [6.45, 7) is 19.7. The van der Waals surface area contributed by atoms with Gasteiger partial charge in [0, 0.05) is 35.0 Å². The minimum atomic E-state index is -1.34.